The zero-order valence-electron chi connectivity index (χ0n) is 10.2. The van der Waals surface area contributed by atoms with Gasteiger partial charge in [-0.2, -0.15) is 0 Å². The Hall–Kier alpha value is -1.32. The Morgan fingerprint density at radius 2 is 2.44 bits per heavy atom. The van der Waals surface area contributed by atoms with Gasteiger partial charge in [-0.05, 0) is 48.2 Å². The number of halogens is 1. The van der Waals surface area contributed by atoms with Crippen LogP contribution in [0, 0.1) is 0 Å². The Kier molecular flexibility index (Phi) is 4.39. The van der Waals surface area contributed by atoms with Crippen molar-refractivity contribution >= 4 is 22.5 Å². The van der Waals surface area contributed by atoms with Gasteiger partial charge in [-0.1, -0.05) is 18.2 Å². The Labute approximate surface area is 112 Å². The maximum atomic E-state index is 10.9. The summed E-state index contributed by atoms with van der Waals surface area (Å²) < 4.78 is 0. The van der Waals surface area contributed by atoms with E-state index in [0.717, 1.165) is 25.1 Å². The third-order valence-corrected chi connectivity index (χ3v) is 3.28. The highest BCUT2D eigenvalue weighted by atomic mass is 35.5. The highest BCUT2D eigenvalue weighted by Gasteiger charge is 2.21. The summed E-state index contributed by atoms with van der Waals surface area (Å²) >= 11 is 5.38. The number of carbonyl (C=O) groups is 1. The molecule has 96 valence electrons. The van der Waals surface area contributed by atoms with Crippen LogP contribution in [0.15, 0.2) is 30.9 Å². The minimum atomic E-state index is -0.378. The van der Waals surface area contributed by atoms with Crippen LogP contribution < -0.4 is 10.6 Å². The molecule has 2 N–H and O–H groups in total. The highest BCUT2D eigenvalue weighted by Crippen LogP contribution is 2.32. The third kappa shape index (κ3) is 2.92. The van der Waals surface area contributed by atoms with E-state index in [2.05, 4.69) is 23.3 Å². The third-order valence-electron chi connectivity index (χ3n) is 3.15. The van der Waals surface area contributed by atoms with Gasteiger partial charge < -0.3 is 10.6 Å². The van der Waals surface area contributed by atoms with E-state index in [9.17, 15) is 4.79 Å². The van der Waals surface area contributed by atoms with Crippen LogP contribution in [0.5, 0.6) is 0 Å². The molecule has 4 heteroatoms. The molecule has 18 heavy (non-hydrogen) atoms. The fourth-order valence-electron chi connectivity index (χ4n) is 2.41. The van der Waals surface area contributed by atoms with Crippen LogP contribution in [-0.2, 0) is 11.2 Å². The summed E-state index contributed by atoms with van der Waals surface area (Å²) in [5.74, 6) is 0. The molecule has 2 rings (SSSR count). The minimum absolute atomic E-state index is 0.152. The van der Waals surface area contributed by atoms with E-state index in [1.54, 1.807) is 0 Å². The summed E-state index contributed by atoms with van der Waals surface area (Å²) in [6, 6.07) is 6.40. The Morgan fingerprint density at radius 1 is 1.61 bits per heavy atom. The number of hydrogen-bond acceptors (Lipinski definition) is 3. The van der Waals surface area contributed by atoms with Crippen LogP contribution in [0.2, 0.25) is 0 Å². The molecular formula is C14H17ClN2O. The molecule has 0 saturated carbocycles. The summed E-state index contributed by atoms with van der Waals surface area (Å²) in [6.45, 7) is 4.92. The predicted octanol–water partition coefficient (Wildman–Crippen LogP) is 2.63. The van der Waals surface area contributed by atoms with E-state index in [4.69, 9.17) is 11.6 Å². The number of anilines is 1. The molecule has 1 aliphatic rings. The predicted molar refractivity (Wildman–Crippen MR) is 75.1 cm³/mol. The lowest BCUT2D eigenvalue weighted by Crippen LogP contribution is -2.30. The first kappa shape index (κ1) is 13.1. The Morgan fingerprint density at radius 3 is 3.17 bits per heavy atom. The largest absolute Gasteiger partial charge is 0.376 e. The molecule has 1 unspecified atom stereocenters. The number of nitrogens with one attached hydrogen (secondary N) is 2. The van der Waals surface area contributed by atoms with E-state index in [1.165, 1.54) is 11.1 Å². The fourth-order valence-corrected chi connectivity index (χ4v) is 2.48. The van der Waals surface area contributed by atoms with Crippen LogP contribution in [0.25, 0.3) is 0 Å². The quantitative estimate of drug-likeness (QED) is 0.635. The first-order valence-corrected chi connectivity index (χ1v) is 6.48. The molecule has 1 heterocycles. The SMILES string of the molecule is C=CCC1NCCc2cccc(NCC(=O)Cl)c21. The van der Waals surface area contributed by atoms with Crippen molar-refractivity contribution in [3.05, 3.63) is 42.0 Å². The van der Waals surface area contributed by atoms with Crippen molar-refractivity contribution in [1.29, 1.82) is 0 Å². The molecule has 1 aromatic carbocycles. The number of fused-ring (bicyclic) bond motifs is 1. The summed E-state index contributed by atoms with van der Waals surface area (Å²) in [5.41, 5.74) is 3.55. The van der Waals surface area contributed by atoms with E-state index in [0.29, 0.717) is 0 Å². The van der Waals surface area contributed by atoms with E-state index in [1.807, 2.05) is 18.2 Å². The normalized spacial score (nSPS) is 17.9. The number of hydrogen-bond donors (Lipinski definition) is 2. The first-order valence-electron chi connectivity index (χ1n) is 6.10. The lowest BCUT2D eigenvalue weighted by atomic mass is 9.91. The second-order valence-corrected chi connectivity index (χ2v) is 4.79. The summed E-state index contributed by atoms with van der Waals surface area (Å²) in [6.07, 6.45) is 3.80. The van der Waals surface area contributed by atoms with Gasteiger partial charge >= 0.3 is 0 Å². The van der Waals surface area contributed by atoms with Crippen LogP contribution >= 0.6 is 11.6 Å². The molecule has 0 bridgehead atoms. The molecule has 0 fully saturated rings. The molecule has 0 radical (unpaired) electrons. The zero-order valence-corrected chi connectivity index (χ0v) is 11.0. The first-order chi connectivity index (χ1) is 8.72. The minimum Gasteiger partial charge on any atom is -0.376 e. The summed E-state index contributed by atoms with van der Waals surface area (Å²) in [7, 11) is 0. The Balaban J connectivity index is 2.29. The van der Waals surface area contributed by atoms with Crippen LogP contribution in [0.3, 0.4) is 0 Å². The molecule has 3 nitrogen and oxygen atoms in total. The van der Waals surface area contributed by atoms with Gasteiger partial charge in [0.15, 0.2) is 0 Å². The highest BCUT2D eigenvalue weighted by molar-refractivity contribution is 6.64. The number of rotatable bonds is 5. The van der Waals surface area contributed by atoms with E-state index < -0.39 is 0 Å². The lowest BCUT2D eigenvalue weighted by Gasteiger charge is -2.28. The topological polar surface area (TPSA) is 41.1 Å². The van der Waals surface area contributed by atoms with Gasteiger partial charge in [0.05, 0.1) is 6.54 Å². The average Bonchev–Trinajstić information content (AvgIpc) is 2.36. The van der Waals surface area contributed by atoms with Crippen LogP contribution in [0.1, 0.15) is 23.6 Å². The standard InChI is InChI=1S/C14H17ClN2O/c1-2-4-11-14-10(7-8-16-11)5-3-6-12(14)17-9-13(15)18/h2-3,5-6,11,16-17H,1,4,7-9H2. The molecule has 0 aliphatic carbocycles. The van der Waals surface area contributed by atoms with E-state index in [-0.39, 0.29) is 17.8 Å². The van der Waals surface area contributed by atoms with Crippen molar-refractivity contribution in [3.8, 4) is 0 Å². The van der Waals surface area contributed by atoms with Gasteiger partial charge in [0.1, 0.15) is 0 Å². The number of benzene rings is 1. The smallest absolute Gasteiger partial charge is 0.240 e. The zero-order chi connectivity index (χ0) is 13.0. The molecule has 1 atom stereocenters. The molecule has 0 aromatic heterocycles. The number of carbonyl (C=O) groups excluding carboxylic acids is 1. The van der Waals surface area contributed by atoms with Crippen molar-refractivity contribution < 1.29 is 4.79 Å². The maximum absolute atomic E-state index is 10.9. The van der Waals surface area contributed by atoms with Crippen molar-refractivity contribution in [1.82, 2.24) is 5.32 Å². The van der Waals surface area contributed by atoms with Gasteiger partial charge in [-0.15, -0.1) is 6.58 Å². The molecule has 0 spiro atoms. The van der Waals surface area contributed by atoms with Crippen molar-refractivity contribution in [3.63, 3.8) is 0 Å². The van der Waals surface area contributed by atoms with Crippen molar-refractivity contribution in [2.75, 3.05) is 18.4 Å². The van der Waals surface area contributed by atoms with Crippen LogP contribution in [0.4, 0.5) is 5.69 Å². The van der Waals surface area contributed by atoms with E-state index >= 15 is 0 Å². The molecule has 1 aliphatic heterocycles. The second kappa shape index (κ2) is 6.03. The monoisotopic (exact) mass is 264 g/mol. The van der Waals surface area contributed by atoms with Gasteiger partial charge in [0.2, 0.25) is 5.24 Å². The van der Waals surface area contributed by atoms with Gasteiger partial charge in [0, 0.05) is 11.7 Å². The second-order valence-electron chi connectivity index (χ2n) is 4.37. The van der Waals surface area contributed by atoms with Gasteiger partial charge in [-0.25, -0.2) is 0 Å². The summed E-state index contributed by atoms with van der Waals surface area (Å²) in [5, 5.41) is 6.20. The molecule has 0 saturated heterocycles. The van der Waals surface area contributed by atoms with Crippen molar-refractivity contribution in [2.45, 2.75) is 18.9 Å². The lowest BCUT2D eigenvalue weighted by molar-refractivity contribution is -0.110. The van der Waals surface area contributed by atoms with Gasteiger partial charge in [-0.3, -0.25) is 4.79 Å². The average molecular weight is 265 g/mol. The fraction of sp³-hybridized carbons (Fsp3) is 0.357. The molecular weight excluding hydrogens is 248 g/mol. The molecule has 1 aromatic rings. The van der Waals surface area contributed by atoms with Gasteiger partial charge in [0.25, 0.3) is 0 Å². The Bertz CT molecular complexity index is 459. The molecule has 0 amide bonds. The van der Waals surface area contributed by atoms with Crippen molar-refractivity contribution in [2.24, 2.45) is 0 Å². The summed E-state index contributed by atoms with van der Waals surface area (Å²) in [4.78, 5) is 10.9. The maximum Gasteiger partial charge on any atom is 0.240 e. The van der Waals surface area contributed by atoms with Crippen LogP contribution in [-0.4, -0.2) is 18.3 Å².